The average molecular weight is 265 g/mol. The van der Waals surface area contributed by atoms with Gasteiger partial charge in [-0.15, -0.1) is 0 Å². The molecular weight excluding hydrogens is 242 g/mol. The van der Waals surface area contributed by atoms with Crippen molar-refractivity contribution in [3.63, 3.8) is 0 Å². The van der Waals surface area contributed by atoms with Crippen LogP contribution in [0.25, 0.3) is 0 Å². The van der Waals surface area contributed by atoms with Gasteiger partial charge >= 0.3 is 0 Å². The number of anilines is 2. The first-order chi connectivity index (χ1) is 9.15. The van der Waals surface area contributed by atoms with E-state index in [0.29, 0.717) is 13.1 Å². The molecule has 1 amide bonds. The van der Waals surface area contributed by atoms with Crippen molar-refractivity contribution in [3.05, 3.63) is 11.9 Å². The molecule has 3 N–H and O–H groups in total. The van der Waals surface area contributed by atoms with Gasteiger partial charge in [0.2, 0.25) is 5.91 Å². The highest BCUT2D eigenvalue weighted by molar-refractivity contribution is 5.72. The standard InChI is InChI=1S/C13H23N5O/c1-4-6-15-12-9-13(18-11(5-2)17-12)16-8-7-14-10(3)19/h9H,4-8H2,1-3H3,(H,14,19)(H2,15,16,17,18). The van der Waals surface area contributed by atoms with Crippen LogP contribution in [0.2, 0.25) is 0 Å². The van der Waals surface area contributed by atoms with Gasteiger partial charge in [-0.3, -0.25) is 4.79 Å². The predicted molar refractivity (Wildman–Crippen MR) is 77.4 cm³/mol. The largest absolute Gasteiger partial charge is 0.370 e. The van der Waals surface area contributed by atoms with Crippen LogP contribution in [0.15, 0.2) is 6.07 Å². The number of nitrogens with zero attached hydrogens (tertiary/aromatic N) is 2. The number of aryl methyl sites for hydroxylation is 1. The highest BCUT2D eigenvalue weighted by Gasteiger charge is 2.02. The van der Waals surface area contributed by atoms with Gasteiger partial charge in [-0.1, -0.05) is 13.8 Å². The van der Waals surface area contributed by atoms with Crippen molar-refractivity contribution in [1.82, 2.24) is 15.3 Å². The summed E-state index contributed by atoms with van der Waals surface area (Å²) in [6.45, 7) is 7.77. The summed E-state index contributed by atoms with van der Waals surface area (Å²) in [6.07, 6.45) is 1.85. The number of hydrogen-bond acceptors (Lipinski definition) is 5. The third kappa shape index (κ3) is 6.03. The zero-order valence-corrected chi connectivity index (χ0v) is 11.9. The molecule has 0 aliphatic carbocycles. The molecule has 0 spiro atoms. The molecule has 106 valence electrons. The molecule has 0 saturated carbocycles. The van der Waals surface area contributed by atoms with Gasteiger partial charge in [0.1, 0.15) is 17.5 Å². The second-order valence-electron chi connectivity index (χ2n) is 4.24. The van der Waals surface area contributed by atoms with E-state index in [1.54, 1.807) is 0 Å². The average Bonchev–Trinajstić information content (AvgIpc) is 2.41. The van der Waals surface area contributed by atoms with E-state index in [2.05, 4.69) is 32.8 Å². The number of amides is 1. The Balaban J connectivity index is 2.57. The van der Waals surface area contributed by atoms with Crippen LogP contribution in [0.4, 0.5) is 11.6 Å². The van der Waals surface area contributed by atoms with Crippen LogP contribution < -0.4 is 16.0 Å². The lowest BCUT2D eigenvalue weighted by atomic mass is 10.4. The fourth-order valence-electron chi connectivity index (χ4n) is 1.52. The number of carbonyl (C=O) groups is 1. The van der Waals surface area contributed by atoms with Gasteiger partial charge < -0.3 is 16.0 Å². The van der Waals surface area contributed by atoms with Crippen molar-refractivity contribution in [2.75, 3.05) is 30.3 Å². The van der Waals surface area contributed by atoms with Gasteiger partial charge in [0.25, 0.3) is 0 Å². The molecule has 6 heteroatoms. The summed E-state index contributed by atoms with van der Waals surface area (Å²) in [5, 5.41) is 9.18. The second-order valence-corrected chi connectivity index (χ2v) is 4.24. The third-order valence-corrected chi connectivity index (χ3v) is 2.45. The molecule has 1 aromatic heterocycles. The summed E-state index contributed by atoms with van der Waals surface area (Å²) in [4.78, 5) is 19.6. The zero-order valence-electron chi connectivity index (χ0n) is 11.9. The van der Waals surface area contributed by atoms with E-state index in [0.717, 1.165) is 36.8 Å². The molecule has 1 heterocycles. The first-order valence-electron chi connectivity index (χ1n) is 6.75. The summed E-state index contributed by atoms with van der Waals surface area (Å²) in [5.74, 6) is 2.42. The van der Waals surface area contributed by atoms with Crippen molar-refractivity contribution in [2.45, 2.75) is 33.6 Å². The molecule has 0 aliphatic rings. The molecule has 19 heavy (non-hydrogen) atoms. The molecule has 0 fully saturated rings. The lowest BCUT2D eigenvalue weighted by molar-refractivity contribution is -0.118. The fourth-order valence-corrected chi connectivity index (χ4v) is 1.52. The summed E-state index contributed by atoms with van der Waals surface area (Å²) in [7, 11) is 0. The Bertz CT molecular complexity index is 408. The fraction of sp³-hybridized carbons (Fsp3) is 0.615. The number of carbonyl (C=O) groups excluding carboxylic acids is 1. The van der Waals surface area contributed by atoms with E-state index in [4.69, 9.17) is 0 Å². The van der Waals surface area contributed by atoms with Crippen LogP contribution in [-0.4, -0.2) is 35.5 Å². The maximum absolute atomic E-state index is 10.8. The van der Waals surface area contributed by atoms with Crippen LogP contribution >= 0.6 is 0 Å². The lowest BCUT2D eigenvalue weighted by Crippen LogP contribution is -2.26. The van der Waals surface area contributed by atoms with Crippen LogP contribution in [-0.2, 0) is 11.2 Å². The smallest absolute Gasteiger partial charge is 0.216 e. The summed E-state index contributed by atoms with van der Waals surface area (Å²) >= 11 is 0. The Labute approximate surface area is 114 Å². The SMILES string of the molecule is CCCNc1cc(NCCNC(C)=O)nc(CC)n1. The monoisotopic (exact) mass is 265 g/mol. The van der Waals surface area contributed by atoms with Gasteiger partial charge in [0, 0.05) is 39.0 Å². The van der Waals surface area contributed by atoms with E-state index >= 15 is 0 Å². The van der Waals surface area contributed by atoms with Gasteiger partial charge in [-0.2, -0.15) is 0 Å². The molecular formula is C13H23N5O. The normalized spacial score (nSPS) is 10.1. The summed E-state index contributed by atoms with van der Waals surface area (Å²) in [6, 6.07) is 1.89. The lowest BCUT2D eigenvalue weighted by Gasteiger charge is -2.10. The van der Waals surface area contributed by atoms with Crippen LogP contribution in [0, 0.1) is 0 Å². The van der Waals surface area contributed by atoms with Crippen LogP contribution in [0.3, 0.4) is 0 Å². The van der Waals surface area contributed by atoms with Crippen molar-refractivity contribution < 1.29 is 4.79 Å². The number of nitrogens with one attached hydrogen (secondary N) is 3. The van der Waals surface area contributed by atoms with Gasteiger partial charge in [0.15, 0.2) is 0 Å². The Hall–Kier alpha value is -1.85. The second kappa shape index (κ2) is 8.29. The molecule has 0 unspecified atom stereocenters. The summed E-state index contributed by atoms with van der Waals surface area (Å²) < 4.78 is 0. The van der Waals surface area contributed by atoms with E-state index in [-0.39, 0.29) is 5.91 Å². The number of aromatic nitrogens is 2. The number of rotatable bonds is 8. The predicted octanol–water partition coefficient (Wildman–Crippen LogP) is 1.41. The topological polar surface area (TPSA) is 78.9 Å². The van der Waals surface area contributed by atoms with Gasteiger partial charge in [0.05, 0.1) is 0 Å². The molecule has 0 radical (unpaired) electrons. The zero-order chi connectivity index (χ0) is 14.1. The van der Waals surface area contributed by atoms with Crippen molar-refractivity contribution in [3.8, 4) is 0 Å². The third-order valence-electron chi connectivity index (χ3n) is 2.45. The maximum atomic E-state index is 10.8. The quantitative estimate of drug-likeness (QED) is 0.619. The van der Waals surface area contributed by atoms with Crippen molar-refractivity contribution >= 4 is 17.5 Å². The first-order valence-corrected chi connectivity index (χ1v) is 6.75. The van der Waals surface area contributed by atoms with Gasteiger partial charge in [-0.05, 0) is 6.42 Å². The number of hydrogen-bond donors (Lipinski definition) is 3. The Morgan fingerprint density at radius 2 is 1.74 bits per heavy atom. The molecule has 6 nitrogen and oxygen atoms in total. The van der Waals surface area contributed by atoms with Crippen LogP contribution in [0.5, 0.6) is 0 Å². The highest BCUT2D eigenvalue weighted by atomic mass is 16.1. The van der Waals surface area contributed by atoms with Crippen molar-refractivity contribution in [2.24, 2.45) is 0 Å². The first kappa shape index (κ1) is 15.2. The molecule has 0 aromatic carbocycles. The Kier molecular flexibility index (Phi) is 6.63. The molecule has 0 atom stereocenters. The van der Waals surface area contributed by atoms with E-state index in [1.807, 2.05) is 13.0 Å². The molecule has 0 aliphatic heterocycles. The molecule has 0 bridgehead atoms. The molecule has 1 aromatic rings. The minimum Gasteiger partial charge on any atom is -0.370 e. The minimum absolute atomic E-state index is 0.0240. The highest BCUT2D eigenvalue weighted by Crippen LogP contribution is 2.11. The summed E-state index contributed by atoms with van der Waals surface area (Å²) in [5.41, 5.74) is 0. The molecule has 1 rings (SSSR count). The van der Waals surface area contributed by atoms with E-state index in [1.165, 1.54) is 6.92 Å². The Morgan fingerprint density at radius 1 is 1.11 bits per heavy atom. The minimum atomic E-state index is -0.0240. The molecule has 0 saturated heterocycles. The Morgan fingerprint density at radius 3 is 2.26 bits per heavy atom. The van der Waals surface area contributed by atoms with Crippen molar-refractivity contribution in [1.29, 1.82) is 0 Å². The van der Waals surface area contributed by atoms with E-state index in [9.17, 15) is 4.79 Å². The van der Waals surface area contributed by atoms with E-state index < -0.39 is 0 Å². The maximum Gasteiger partial charge on any atom is 0.216 e. The van der Waals surface area contributed by atoms with Gasteiger partial charge in [-0.25, -0.2) is 9.97 Å². The van der Waals surface area contributed by atoms with Crippen LogP contribution in [0.1, 0.15) is 33.0 Å².